The van der Waals surface area contributed by atoms with Gasteiger partial charge in [-0.2, -0.15) is 13.5 Å². The molecule has 0 nitrogen and oxygen atoms in total. The summed E-state index contributed by atoms with van der Waals surface area (Å²) in [6.45, 7) is 0. The van der Waals surface area contributed by atoms with E-state index in [0.29, 0.717) is 0 Å². The molecule has 0 spiro atoms. The van der Waals surface area contributed by atoms with Gasteiger partial charge in [-0.05, 0) is 78.9 Å². The van der Waals surface area contributed by atoms with Crippen LogP contribution in [-0.4, -0.2) is 0 Å². The second kappa shape index (κ2) is 6.99. The highest BCUT2D eigenvalue weighted by atomic mass is 127. The van der Waals surface area contributed by atoms with Crippen molar-refractivity contribution < 1.29 is 0 Å². The third-order valence-corrected chi connectivity index (χ3v) is 5.80. The van der Waals surface area contributed by atoms with E-state index in [4.69, 9.17) is 0 Å². The van der Waals surface area contributed by atoms with Crippen LogP contribution in [0.1, 0.15) is 0 Å². The molecule has 0 atom stereocenters. The number of hydrogen-bond acceptors (Lipinski definition) is 0. The van der Waals surface area contributed by atoms with Crippen molar-refractivity contribution in [3.63, 3.8) is 0 Å². The summed E-state index contributed by atoms with van der Waals surface area (Å²) in [5.74, 6) is 0. The molecule has 0 fully saturated rings. The number of halogens is 2. The maximum Gasteiger partial charge on any atom is 0.0215 e. The van der Waals surface area contributed by atoms with E-state index in [9.17, 15) is 0 Å². The summed E-state index contributed by atoms with van der Waals surface area (Å²) in [4.78, 5) is 0. The zero-order chi connectivity index (χ0) is 15.1. The van der Waals surface area contributed by atoms with Gasteiger partial charge in [-0.15, -0.1) is 0 Å². The zero-order valence-corrected chi connectivity index (χ0v) is 17.5. The molecule has 0 radical (unpaired) electrons. The van der Waals surface area contributed by atoms with E-state index >= 15 is 0 Å². The molecule has 114 valence electrons. The Balaban J connectivity index is 0.00000156. The Labute approximate surface area is 170 Å². The van der Waals surface area contributed by atoms with Crippen LogP contribution >= 0.6 is 58.7 Å². The Morgan fingerprint density at radius 3 is 1.30 bits per heavy atom. The maximum absolute atomic E-state index is 2.46. The molecule has 0 aliphatic heterocycles. The van der Waals surface area contributed by atoms with E-state index in [0.717, 1.165) is 0 Å². The van der Waals surface area contributed by atoms with Gasteiger partial charge < -0.3 is 0 Å². The van der Waals surface area contributed by atoms with Crippen molar-refractivity contribution in [3.8, 4) is 11.1 Å². The molecule has 0 bridgehead atoms. The molecule has 0 N–H and O–H groups in total. The zero-order valence-electron chi connectivity index (χ0n) is 12.2. The van der Waals surface area contributed by atoms with Crippen molar-refractivity contribution in [1.82, 2.24) is 0 Å². The third-order valence-electron chi connectivity index (χ3n) is 4.01. The second-order valence-corrected chi connectivity index (χ2v) is 7.61. The minimum Gasteiger partial charge on any atom is -0.197 e. The molecule has 4 aromatic rings. The van der Waals surface area contributed by atoms with Crippen LogP contribution in [0.5, 0.6) is 0 Å². The predicted molar refractivity (Wildman–Crippen MR) is 123 cm³/mol. The topological polar surface area (TPSA) is 0 Å². The van der Waals surface area contributed by atoms with Crippen molar-refractivity contribution in [2.75, 3.05) is 0 Å². The maximum atomic E-state index is 2.46. The predicted octanol–water partition coefficient (Wildman–Crippen LogP) is 6.98. The van der Waals surface area contributed by atoms with Crippen molar-refractivity contribution in [1.29, 1.82) is 0 Å². The third kappa shape index (κ3) is 2.98. The molecule has 4 aromatic carbocycles. The summed E-state index contributed by atoms with van der Waals surface area (Å²) in [6, 6.07) is 26.1. The van der Waals surface area contributed by atoms with Gasteiger partial charge in [0.1, 0.15) is 0 Å². The lowest BCUT2D eigenvalue weighted by Crippen LogP contribution is -1.91. The average Bonchev–Trinajstić information content (AvgIpc) is 2.56. The highest BCUT2D eigenvalue weighted by Gasteiger charge is 2.14. The summed E-state index contributed by atoms with van der Waals surface area (Å²) in [5.41, 5.74) is 2.69. The lowest BCUT2D eigenvalue weighted by molar-refractivity contribution is 1.62. The van der Waals surface area contributed by atoms with E-state index in [2.05, 4.69) is 118 Å². The Morgan fingerprint density at radius 2 is 0.870 bits per heavy atom. The summed E-state index contributed by atoms with van der Waals surface area (Å²) in [6.07, 6.45) is 0. The largest absolute Gasteiger partial charge is 0.197 e. The van der Waals surface area contributed by atoms with Gasteiger partial charge in [0.05, 0.1) is 0 Å². The van der Waals surface area contributed by atoms with Gasteiger partial charge in [-0.3, -0.25) is 0 Å². The molecular formula is C20H14I2S. The lowest BCUT2D eigenvalue weighted by Gasteiger charge is -2.14. The number of rotatable bonds is 1. The smallest absolute Gasteiger partial charge is 0.0215 e. The first-order valence-corrected chi connectivity index (χ1v) is 9.26. The molecule has 23 heavy (non-hydrogen) atoms. The fourth-order valence-electron chi connectivity index (χ4n) is 3.00. The average molecular weight is 540 g/mol. The summed E-state index contributed by atoms with van der Waals surface area (Å²) >= 11 is 4.92. The summed E-state index contributed by atoms with van der Waals surface area (Å²) in [7, 11) is 0. The first kappa shape index (κ1) is 17.0. The Morgan fingerprint density at radius 1 is 0.478 bits per heavy atom. The molecule has 0 aliphatic rings. The van der Waals surface area contributed by atoms with E-state index in [1.165, 1.54) is 39.8 Å². The van der Waals surface area contributed by atoms with Gasteiger partial charge in [0, 0.05) is 18.3 Å². The van der Waals surface area contributed by atoms with Gasteiger partial charge in [0.2, 0.25) is 0 Å². The van der Waals surface area contributed by atoms with Crippen LogP contribution in [0.4, 0.5) is 0 Å². The van der Waals surface area contributed by atoms with Crippen LogP contribution in [0.15, 0.2) is 72.8 Å². The SMILES string of the molecule is Ic1ccc2ccccc2c1-c1c(I)ccc2ccccc12.S. The van der Waals surface area contributed by atoms with Crippen molar-refractivity contribution in [2.45, 2.75) is 0 Å². The highest BCUT2D eigenvalue weighted by molar-refractivity contribution is 14.1. The molecule has 0 aliphatic carbocycles. The normalized spacial score (nSPS) is 10.7. The lowest BCUT2D eigenvalue weighted by atomic mass is 9.94. The fourth-order valence-corrected chi connectivity index (χ4v) is 4.48. The first-order valence-electron chi connectivity index (χ1n) is 7.10. The minimum absolute atomic E-state index is 0. The molecule has 0 unspecified atom stereocenters. The van der Waals surface area contributed by atoms with Gasteiger partial charge in [0.15, 0.2) is 0 Å². The Bertz CT molecular complexity index is 925. The van der Waals surface area contributed by atoms with Crippen LogP contribution in [0.25, 0.3) is 32.7 Å². The van der Waals surface area contributed by atoms with Gasteiger partial charge in [0.25, 0.3) is 0 Å². The second-order valence-electron chi connectivity index (χ2n) is 5.29. The number of fused-ring (bicyclic) bond motifs is 2. The van der Waals surface area contributed by atoms with Crippen molar-refractivity contribution in [2.24, 2.45) is 0 Å². The summed E-state index contributed by atoms with van der Waals surface area (Å²) in [5, 5.41) is 5.23. The van der Waals surface area contributed by atoms with E-state index in [1.807, 2.05) is 0 Å². The van der Waals surface area contributed by atoms with Crippen molar-refractivity contribution >= 4 is 80.2 Å². The van der Waals surface area contributed by atoms with Crippen LogP contribution in [-0.2, 0) is 0 Å². The quantitative estimate of drug-likeness (QED) is 0.229. The fraction of sp³-hybridized carbons (Fsp3) is 0. The van der Waals surface area contributed by atoms with Crippen molar-refractivity contribution in [3.05, 3.63) is 79.9 Å². The molecule has 3 heteroatoms. The van der Waals surface area contributed by atoms with Crippen LogP contribution in [0, 0.1) is 7.14 Å². The minimum atomic E-state index is 0. The standard InChI is InChI=1S/C20H12I2.H2S/c21-17-11-9-13-5-1-3-7-15(13)19(17)20-16-8-4-2-6-14(16)10-12-18(20)22;/h1-12H;1H2. The monoisotopic (exact) mass is 540 g/mol. The Kier molecular flexibility index (Phi) is 5.18. The molecular weight excluding hydrogens is 526 g/mol. The number of hydrogen-bond donors (Lipinski definition) is 0. The van der Waals surface area contributed by atoms with E-state index < -0.39 is 0 Å². The first-order chi connectivity index (χ1) is 10.8. The molecule has 0 saturated heterocycles. The van der Waals surface area contributed by atoms with E-state index in [1.54, 1.807) is 0 Å². The van der Waals surface area contributed by atoms with Gasteiger partial charge in [-0.1, -0.05) is 60.7 Å². The highest BCUT2D eigenvalue weighted by Crippen LogP contribution is 2.39. The van der Waals surface area contributed by atoms with Crippen LogP contribution in [0.2, 0.25) is 0 Å². The van der Waals surface area contributed by atoms with Crippen LogP contribution in [0.3, 0.4) is 0 Å². The molecule has 0 saturated carbocycles. The summed E-state index contributed by atoms with van der Waals surface area (Å²) < 4.78 is 2.59. The molecule has 4 rings (SSSR count). The van der Waals surface area contributed by atoms with Gasteiger partial charge >= 0.3 is 0 Å². The van der Waals surface area contributed by atoms with E-state index in [-0.39, 0.29) is 13.5 Å². The van der Waals surface area contributed by atoms with Gasteiger partial charge in [-0.25, -0.2) is 0 Å². The molecule has 0 heterocycles. The van der Waals surface area contributed by atoms with Crippen LogP contribution < -0.4 is 0 Å². The number of benzene rings is 4. The Hall–Kier alpha value is -0.790. The molecule has 0 aromatic heterocycles. The molecule has 0 amide bonds.